The van der Waals surface area contributed by atoms with Crippen molar-refractivity contribution in [3.63, 3.8) is 0 Å². The van der Waals surface area contributed by atoms with Crippen LogP contribution in [0.15, 0.2) is 23.8 Å². The monoisotopic (exact) mass is 419 g/mol. The molecule has 3 fully saturated rings. The maximum Gasteiger partial charge on any atom is 0.134 e. The van der Waals surface area contributed by atoms with Crippen LogP contribution < -0.4 is 0 Å². The van der Waals surface area contributed by atoms with Gasteiger partial charge >= 0.3 is 0 Å². The molecule has 3 N–H and O–H groups in total. The van der Waals surface area contributed by atoms with Crippen molar-refractivity contribution in [2.45, 2.75) is 58.7 Å². The van der Waals surface area contributed by atoms with E-state index in [0.717, 1.165) is 19.3 Å². The van der Waals surface area contributed by atoms with Crippen LogP contribution >= 0.6 is 11.6 Å². The van der Waals surface area contributed by atoms with Gasteiger partial charge in [-0.25, -0.2) is 0 Å². The van der Waals surface area contributed by atoms with Crippen LogP contribution in [0.5, 0.6) is 0 Å². The molecule has 0 amide bonds. The van der Waals surface area contributed by atoms with E-state index in [1.165, 1.54) is 5.57 Å². The number of aldehydes is 1. The summed E-state index contributed by atoms with van der Waals surface area (Å²) in [5.41, 5.74) is 1.64. The molecule has 4 rings (SSSR count). The third kappa shape index (κ3) is 3.98. The molecular formula is C24H34ClNO3. The van der Waals surface area contributed by atoms with Gasteiger partial charge in [-0.15, -0.1) is 24.4 Å². The number of carbonyl (C=O) groups excluding carboxylic acids is 1. The van der Waals surface area contributed by atoms with E-state index < -0.39 is 0 Å². The second kappa shape index (κ2) is 9.16. The number of nitrogens with one attached hydrogen (secondary N) is 1. The molecule has 7 unspecified atom stereocenters. The van der Waals surface area contributed by atoms with Crippen LogP contribution in [0, 0.1) is 52.8 Å². The first-order valence-electron chi connectivity index (χ1n) is 10.4. The molecular weight excluding hydrogens is 386 g/mol. The maximum absolute atomic E-state index is 11.1. The van der Waals surface area contributed by atoms with Gasteiger partial charge in [0.05, 0.1) is 23.8 Å². The van der Waals surface area contributed by atoms with Crippen molar-refractivity contribution in [2.75, 3.05) is 5.88 Å². The van der Waals surface area contributed by atoms with E-state index in [2.05, 4.69) is 39.7 Å². The number of hydrogen-bond acceptors (Lipinski definition) is 4. The summed E-state index contributed by atoms with van der Waals surface area (Å²) in [5, 5.41) is 29.7. The van der Waals surface area contributed by atoms with Gasteiger partial charge in [0.25, 0.3) is 0 Å². The van der Waals surface area contributed by atoms with Crippen molar-refractivity contribution >= 4 is 23.6 Å². The van der Waals surface area contributed by atoms with Crippen molar-refractivity contribution in [3.8, 4) is 12.8 Å². The second-order valence-corrected chi connectivity index (χ2v) is 9.64. The Morgan fingerprint density at radius 2 is 1.97 bits per heavy atom. The van der Waals surface area contributed by atoms with Gasteiger partial charge in [-0.1, -0.05) is 32.4 Å². The predicted octanol–water partition coefficient (Wildman–Crippen LogP) is 4.00. The summed E-state index contributed by atoms with van der Waals surface area (Å²) in [6, 6.07) is 0. The Bertz CT molecular complexity index is 714. The second-order valence-electron chi connectivity index (χ2n) is 9.33. The first-order chi connectivity index (χ1) is 13.7. The van der Waals surface area contributed by atoms with Crippen molar-refractivity contribution in [1.82, 2.24) is 0 Å². The minimum atomic E-state index is -0.369. The zero-order valence-electron chi connectivity index (χ0n) is 17.6. The fraction of sp³-hybridized carbons (Fsp3) is 0.667. The number of alkyl halides is 1. The molecule has 0 aliphatic heterocycles. The number of allylic oxidation sites excluding steroid dienone is 4. The minimum absolute atomic E-state index is 0.111. The van der Waals surface area contributed by atoms with Gasteiger partial charge in [-0.2, -0.15) is 0 Å². The van der Waals surface area contributed by atoms with Crippen LogP contribution in [-0.2, 0) is 4.79 Å². The van der Waals surface area contributed by atoms with Gasteiger partial charge in [-0.3, -0.25) is 0 Å². The number of aliphatic hydroxyl groups excluding tert-OH is 2. The van der Waals surface area contributed by atoms with Crippen LogP contribution in [0.4, 0.5) is 0 Å². The molecule has 8 atom stereocenters. The Morgan fingerprint density at radius 1 is 1.34 bits per heavy atom. The first kappa shape index (κ1) is 23.9. The molecule has 3 saturated carbocycles. The highest BCUT2D eigenvalue weighted by molar-refractivity contribution is 6.24. The number of hydrogen-bond donors (Lipinski definition) is 3. The Kier molecular flexibility index (Phi) is 7.54. The molecule has 5 heteroatoms. The molecule has 0 spiro atoms. The molecule has 0 aromatic heterocycles. The van der Waals surface area contributed by atoms with Crippen molar-refractivity contribution < 1.29 is 15.0 Å². The number of terminal acetylenes is 1. The van der Waals surface area contributed by atoms with Crippen molar-refractivity contribution in [1.29, 1.82) is 5.41 Å². The van der Waals surface area contributed by atoms with E-state index in [1.807, 2.05) is 12.2 Å². The summed E-state index contributed by atoms with van der Waals surface area (Å²) in [4.78, 5) is 9.04. The third-order valence-electron chi connectivity index (χ3n) is 7.86. The zero-order chi connectivity index (χ0) is 22.0. The molecule has 29 heavy (non-hydrogen) atoms. The molecule has 0 heterocycles. The van der Waals surface area contributed by atoms with Crippen molar-refractivity contribution in [3.05, 3.63) is 23.8 Å². The lowest BCUT2D eigenvalue weighted by atomic mass is 9.47. The number of carbonyl (C=O) groups is 1. The summed E-state index contributed by atoms with van der Waals surface area (Å²) in [6.07, 6.45) is 18.0. The van der Waals surface area contributed by atoms with Gasteiger partial charge in [0, 0.05) is 11.3 Å². The summed E-state index contributed by atoms with van der Waals surface area (Å²) < 4.78 is 0. The van der Waals surface area contributed by atoms with E-state index in [9.17, 15) is 10.2 Å². The number of halogens is 1. The van der Waals surface area contributed by atoms with Crippen LogP contribution in [0.2, 0.25) is 0 Å². The number of fused-ring (bicyclic) bond motifs is 5. The summed E-state index contributed by atoms with van der Waals surface area (Å²) in [6.45, 7) is 6.61. The minimum Gasteiger partial charge on any atom is -0.393 e. The van der Waals surface area contributed by atoms with Gasteiger partial charge in [-0.05, 0) is 61.0 Å². The largest absolute Gasteiger partial charge is 0.393 e. The van der Waals surface area contributed by atoms with Gasteiger partial charge in [0.2, 0.25) is 0 Å². The molecule has 0 bridgehead atoms. The molecule has 160 valence electrons. The van der Waals surface area contributed by atoms with E-state index in [1.54, 1.807) is 0 Å². The number of aliphatic hydroxyl groups is 2. The van der Waals surface area contributed by atoms with E-state index in [4.69, 9.17) is 21.8 Å². The Morgan fingerprint density at radius 3 is 2.55 bits per heavy atom. The third-order valence-corrected chi connectivity index (χ3v) is 7.99. The highest BCUT2D eigenvalue weighted by Crippen LogP contribution is 2.65. The summed E-state index contributed by atoms with van der Waals surface area (Å²) in [5.74, 6) is 1.65. The lowest BCUT2D eigenvalue weighted by Crippen LogP contribution is -2.56. The van der Waals surface area contributed by atoms with E-state index in [0.29, 0.717) is 36.2 Å². The quantitative estimate of drug-likeness (QED) is 0.341. The SMILES string of the molecule is C#C.CC1CC2C3CCC4=CC(=N)C=CC4(C)C3C(O)CC2(C)[C@@H]1O.O=CCCl. The topological polar surface area (TPSA) is 81.4 Å². The fourth-order valence-electron chi connectivity index (χ4n) is 6.69. The molecule has 0 radical (unpaired) electrons. The van der Waals surface area contributed by atoms with Gasteiger partial charge in [0.1, 0.15) is 6.29 Å². The van der Waals surface area contributed by atoms with E-state index >= 15 is 0 Å². The number of rotatable bonds is 1. The molecule has 0 saturated heterocycles. The smallest absolute Gasteiger partial charge is 0.134 e. The predicted molar refractivity (Wildman–Crippen MR) is 118 cm³/mol. The van der Waals surface area contributed by atoms with Crippen LogP contribution in [0.3, 0.4) is 0 Å². The molecule has 4 nitrogen and oxygen atoms in total. The maximum atomic E-state index is 11.1. The lowest BCUT2D eigenvalue weighted by Gasteiger charge is -2.58. The Balaban J connectivity index is 0.000000449. The highest BCUT2D eigenvalue weighted by atomic mass is 35.5. The standard InChI is InChI=1S/C20H29NO2.C2H3ClO.C2H2/c1-11-8-15-14-5-4-12-9-13(21)6-7-19(12,2)17(14)16(22)10-20(15,3)18(11)23;3-1-2-4;1-2/h6-7,9,11,14-18,21-23H,4-5,8,10H2,1-3H3;2H,1H2;1-2H/t11?,14?,15?,16?,17?,18-,19?,20?;;/m1../s1. The van der Waals surface area contributed by atoms with Crippen molar-refractivity contribution in [2.24, 2.45) is 34.5 Å². The molecule has 4 aliphatic rings. The molecule has 0 aromatic carbocycles. The zero-order valence-corrected chi connectivity index (χ0v) is 18.4. The fourth-order valence-corrected chi connectivity index (χ4v) is 6.69. The summed E-state index contributed by atoms with van der Waals surface area (Å²) >= 11 is 4.82. The normalized spacial score (nSPS) is 44.6. The Hall–Kier alpha value is -1.41. The van der Waals surface area contributed by atoms with Crippen LogP contribution in [0.1, 0.15) is 46.5 Å². The lowest BCUT2D eigenvalue weighted by molar-refractivity contribution is -0.130. The van der Waals surface area contributed by atoms with Gasteiger partial charge in [0.15, 0.2) is 0 Å². The van der Waals surface area contributed by atoms with Crippen LogP contribution in [0.25, 0.3) is 0 Å². The average molecular weight is 420 g/mol. The first-order valence-corrected chi connectivity index (χ1v) is 10.9. The van der Waals surface area contributed by atoms with E-state index in [-0.39, 0.29) is 34.8 Å². The summed E-state index contributed by atoms with van der Waals surface area (Å²) in [7, 11) is 0. The molecule has 0 aromatic rings. The van der Waals surface area contributed by atoms with Crippen LogP contribution in [-0.4, -0.2) is 40.3 Å². The Labute approximate surface area is 179 Å². The average Bonchev–Trinajstić information content (AvgIpc) is 2.93. The van der Waals surface area contributed by atoms with Gasteiger partial charge < -0.3 is 20.4 Å². The highest BCUT2D eigenvalue weighted by Gasteiger charge is 2.62. The molecule has 4 aliphatic carbocycles.